The number of ether oxygens (including phenoxy) is 2. The summed E-state index contributed by atoms with van der Waals surface area (Å²) in [5.41, 5.74) is 4.96. The topological polar surface area (TPSA) is 105 Å². The van der Waals surface area contributed by atoms with Crippen LogP contribution in [0.1, 0.15) is 12.5 Å². The van der Waals surface area contributed by atoms with E-state index in [1.807, 2.05) is 42.3 Å². The van der Waals surface area contributed by atoms with Crippen LogP contribution in [0.25, 0.3) is 27.7 Å². The van der Waals surface area contributed by atoms with Gasteiger partial charge in [-0.2, -0.15) is 5.10 Å². The van der Waals surface area contributed by atoms with E-state index in [0.29, 0.717) is 30.4 Å². The van der Waals surface area contributed by atoms with Crippen molar-refractivity contribution in [3.05, 3.63) is 60.7 Å². The first-order valence-electron chi connectivity index (χ1n) is 12.6. The smallest absolute Gasteiger partial charge is 0.212 e. The molecule has 5 aromatic rings. The van der Waals surface area contributed by atoms with Gasteiger partial charge in [0.2, 0.25) is 5.88 Å². The summed E-state index contributed by atoms with van der Waals surface area (Å²) in [4.78, 5) is 11.5. The maximum atomic E-state index is 5.81. The molecule has 1 aliphatic carbocycles. The number of nitrogens with zero attached hydrogens (tertiary/aromatic N) is 6. The molecule has 5 aromatic heterocycles. The molecule has 2 N–H and O–H groups in total. The van der Waals surface area contributed by atoms with E-state index in [0.717, 1.165) is 58.9 Å². The molecule has 7 rings (SSSR count). The van der Waals surface area contributed by atoms with Gasteiger partial charge in [-0.05, 0) is 42.5 Å². The Bertz CT molecular complexity index is 1550. The summed E-state index contributed by atoms with van der Waals surface area (Å²) in [6.07, 6.45) is 7.55. The van der Waals surface area contributed by atoms with Crippen molar-refractivity contribution in [3.8, 4) is 22.8 Å². The normalized spacial score (nSPS) is 20.5. The van der Waals surface area contributed by atoms with E-state index >= 15 is 0 Å². The van der Waals surface area contributed by atoms with Gasteiger partial charge in [0.25, 0.3) is 0 Å². The third-order valence-electron chi connectivity index (χ3n) is 7.54. The van der Waals surface area contributed by atoms with Gasteiger partial charge in [-0.15, -0.1) is 5.10 Å². The zero-order valence-electron chi connectivity index (χ0n) is 20.8. The van der Waals surface area contributed by atoms with Gasteiger partial charge in [-0.1, -0.05) is 6.07 Å². The molecular weight excluding hydrogens is 468 g/mol. The molecule has 2 fully saturated rings. The number of hydrogen-bond acceptors (Lipinski definition) is 8. The second-order valence-corrected chi connectivity index (χ2v) is 9.70. The van der Waals surface area contributed by atoms with Gasteiger partial charge >= 0.3 is 0 Å². The molecule has 0 unspecified atom stereocenters. The van der Waals surface area contributed by atoms with Crippen LogP contribution in [0.2, 0.25) is 0 Å². The largest absolute Gasteiger partial charge is 0.492 e. The lowest BCUT2D eigenvalue weighted by Crippen LogP contribution is -2.31. The molecule has 10 nitrogen and oxygen atoms in total. The standard InChI is InChI=1S/C27H28N8O2/c1-3-37-18-8-19(26-20-12-31-32-27(20)33-35(26)13-18)17-5-6-23(28-11-17)34-14-21-22(15-34)25(21)30-10-16-4-7-24(36-2)29-9-16/h4-9,11-13,21-22,25,30H,3,10,14-15H2,1-2H3,(H,32,33)/t21-,22+,25-. The molecule has 0 spiro atoms. The molecule has 3 atom stereocenters. The number of aromatic amines is 1. The number of fused-ring (bicyclic) bond motifs is 4. The third kappa shape index (κ3) is 3.84. The summed E-state index contributed by atoms with van der Waals surface area (Å²) in [5, 5.41) is 16.4. The SMILES string of the molecule is CCOc1cc(-c2ccc(N3C[C@@H]4[C@H](C3)[C@@H]4NCc3ccc(OC)nc3)nc2)c2c3cn[nH]c3nn2c1. The van der Waals surface area contributed by atoms with Crippen LogP contribution >= 0.6 is 0 Å². The summed E-state index contributed by atoms with van der Waals surface area (Å²) in [7, 11) is 1.64. The minimum Gasteiger partial charge on any atom is -0.492 e. The molecule has 0 radical (unpaired) electrons. The predicted molar refractivity (Wildman–Crippen MR) is 140 cm³/mol. The fraction of sp³-hybridized carbons (Fsp3) is 0.333. The molecule has 37 heavy (non-hydrogen) atoms. The maximum Gasteiger partial charge on any atom is 0.212 e. The first kappa shape index (κ1) is 22.1. The number of pyridine rings is 3. The molecule has 188 valence electrons. The fourth-order valence-corrected chi connectivity index (χ4v) is 5.63. The van der Waals surface area contributed by atoms with Crippen molar-refractivity contribution in [3.63, 3.8) is 0 Å². The minimum atomic E-state index is 0.562. The predicted octanol–water partition coefficient (Wildman–Crippen LogP) is 3.30. The molecule has 0 aromatic carbocycles. The highest BCUT2D eigenvalue weighted by molar-refractivity contribution is 6.00. The molecule has 6 heterocycles. The molecule has 1 aliphatic heterocycles. The molecule has 1 saturated heterocycles. The van der Waals surface area contributed by atoms with Crippen LogP contribution in [0.3, 0.4) is 0 Å². The molecule has 2 aliphatic rings. The first-order valence-corrected chi connectivity index (χ1v) is 12.6. The van der Waals surface area contributed by atoms with Crippen LogP contribution in [0.4, 0.5) is 5.82 Å². The number of nitrogens with one attached hydrogen (secondary N) is 2. The van der Waals surface area contributed by atoms with Gasteiger partial charge in [0.15, 0.2) is 5.65 Å². The molecule has 10 heteroatoms. The van der Waals surface area contributed by atoms with Crippen LogP contribution in [-0.2, 0) is 6.54 Å². The van der Waals surface area contributed by atoms with Gasteiger partial charge in [0.05, 0.1) is 37.0 Å². The Morgan fingerprint density at radius 2 is 1.97 bits per heavy atom. The number of rotatable bonds is 8. The lowest BCUT2D eigenvalue weighted by Gasteiger charge is -2.21. The van der Waals surface area contributed by atoms with E-state index in [1.54, 1.807) is 7.11 Å². The maximum absolute atomic E-state index is 5.81. The summed E-state index contributed by atoms with van der Waals surface area (Å²) in [5.74, 6) is 3.77. The van der Waals surface area contributed by atoms with Crippen LogP contribution in [-0.4, -0.2) is 62.6 Å². The zero-order chi connectivity index (χ0) is 24.9. The van der Waals surface area contributed by atoms with E-state index in [2.05, 4.69) is 54.8 Å². The van der Waals surface area contributed by atoms with E-state index in [4.69, 9.17) is 14.5 Å². The highest BCUT2D eigenvalue weighted by Gasteiger charge is 2.55. The van der Waals surface area contributed by atoms with Gasteiger partial charge < -0.3 is 19.7 Å². The van der Waals surface area contributed by atoms with Crippen molar-refractivity contribution < 1.29 is 9.47 Å². The summed E-state index contributed by atoms with van der Waals surface area (Å²) < 4.78 is 12.8. The quantitative estimate of drug-likeness (QED) is 0.337. The van der Waals surface area contributed by atoms with Crippen LogP contribution in [0, 0.1) is 11.8 Å². The lowest BCUT2D eigenvalue weighted by atomic mass is 10.1. The van der Waals surface area contributed by atoms with Crippen LogP contribution in [0.15, 0.2) is 55.1 Å². The van der Waals surface area contributed by atoms with Gasteiger partial charge in [-0.3, -0.25) is 5.10 Å². The van der Waals surface area contributed by atoms with Crippen molar-refractivity contribution in [2.24, 2.45) is 11.8 Å². The second kappa shape index (κ2) is 8.74. The Morgan fingerprint density at radius 1 is 1.08 bits per heavy atom. The fourth-order valence-electron chi connectivity index (χ4n) is 5.63. The first-order chi connectivity index (χ1) is 18.2. The van der Waals surface area contributed by atoms with Crippen LogP contribution < -0.4 is 19.7 Å². The Labute approximate surface area is 213 Å². The molecule has 1 saturated carbocycles. The highest BCUT2D eigenvalue weighted by Crippen LogP contribution is 2.46. The number of anilines is 1. The number of methoxy groups -OCH3 is 1. The third-order valence-corrected chi connectivity index (χ3v) is 7.54. The van der Waals surface area contributed by atoms with E-state index < -0.39 is 0 Å². The second-order valence-electron chi connectivity index (χ2n) is 9.70. The molecule has 0 amide bonds. The van der Waals surface area contributed by atoms with E-state index in [-0.39, 0.29) is 0 Å². The Balaban J connectivity index is 1.05. The Kier molecular flexibility index (Phi) is 5.21. The zero-order valence-corrected chi connectivity index (χ0v) is 20.8. The van der Waals surface area contributed by atoms with Gasteiger partial charge in [-0.25, -0.2) is 14.5 Å². The lowest BCUT2D eigenvalue weighted by molar-refractivity contribution is 0.338. The minimum absolute atomic E-state index is 0.562. The van der Waals surface area contributed by atoms with Crippen molar-refractivity contribution in [1.29, 1.82) is 0 Å². The van der Waals surface area contributed by atoms with Crippen molar-refractivity contribution in [2.45, 2.75) is 19.5 Å². The molecular formula is C27H28N8O2. The van der Waals surface area contributed by atoms with Crippen molar-refractivity contribution in [1.82, 2.24) is 35.1 Å². The molecule has 0 bridgehead atoms. The average molecular weight is 497 g/mol. The van der Waals surface area contributed by atoms with Gasteiger partial charge in [0, 0.05) is 55.3 Å². The number of aromatic nitrogens is 6. The van der Waals surface area contributed by atoms with E-state index in [1.165, 1.54) is 5.56 Å². The number of piperidine rings is 1. The van der Waals surface area contributed by atoms with Crippen molar-refractivity contribution >= 4 is 22.4 Å². The average Bonchev–Trinajstić information content (AvgIpc) is 3.31. The highest BCUT2D eigenvalue weighted by atomic mass is 16.5. The Hall–Kier alpha value is -4.18. The number of H-pyrrole nitrogens is 1. The summed E-state index contributed by atoms with van der Waals surface area (Å²) in [6, 6.07) is 10.9. The Morgan fingerprint density at radius 3 is 2.70 bits per heavy atom. The van der Waals surface area contributed by atoms with Crippen molar-refractivity contribution in [2.75, 3.05) is 31.7 Å². The monoisotopic (exact) mass is 496 g/mol. The van der Waals surface area contributed by atoms with E-state index in [9.17, 15) is 0 Å². The summed E-state index contributed by atoms with van der Waals surface area (Å²) >= 11 is 0. The van der Waals surface area contributed by atoms with Gasteiger partial charge in [0.1, 0.15) is 11.6 Å². The number of hydrogen-bond donors (Lipinski definition) is 2. The summed E-state index contributed by atoms with van der Waals surface area (Å²) in [6.45, 7) is 5.45. The van der Waals surface area contributed by atoms with Crippen LogP contribution in [0.5, 0.6) is 11.6 Å².